The molecule has 0 heterocycles. The Morgan fingerprint density at radius 2 is 1.86 bits per heavy atom. The monoisotopic (exact) mass is 359 g/mol. The summed E-state index contributed by atoms with van der Waals surface area (Å²) in [5.41, 5.74) is 9.24. The van der Waals surface area contributed by atoms with Crippen LogP contribution in [0.3, 0.4) is 0 Å². The number of ether oxygens (including phenoxy) is 2. The lowest BCUT2D eigenvalue weighted by molar-refractivity contribution is 0.0433. The van der Waals surface area contributed by atoms with Crippen molar-refractivity contribution in [2.24, 2.45) is 5.11 Å². The third-order valence-electron chi connectivity index (χ3n) is 2.55. The topological polar surface area (TPSA) is 67.2 Å². The highest BCUT2D eigenvalue weighted by molar-refractivity contribution is 8.01. The Bertz CT molecular complexity index is 476. The molecular weight excluding hydrogens is 338 g/mol. The second kappa shape index (κ2) is 10.9. The van der Waals surface area contributed by atoms with Crippen molar-refractivity contribution in [3.05, 3.63) is 40.3 Å². The fraction of sp³-hybridized carbons (Fsp3) is 0.571. The van der Waals surface area contributed by atoms with E-state index in [1.165, 1.54) is 4.90 Å². The molecule has 122 valence electrons. The number of thioether (sulfide) groups is 1. The third kappa shape index (κ3) is 10.1. The zero-order valence-corrected chi connectivity index (χ0v) is 15.6. The molecule has 0 aliphatic carbocycles. The van der Waals surface area contributed by atoms with Gasteiger partial charge in [0.2, 0.25) is 0 Å². The summed E-state index contributed by atoms with van der Waals surface area (Å²) in [6.45, 7) is 6.69. The molecule has 0 saturated heterocycles. The summed E-state index contributed by atoms with van der Waals surface area (Å²) < 4.78 is 10.8. The van der Waals surface area contributed by atoms with E-state index in [2.05, 4.69) is 47.4 Å². The molecule has 22 heavy (non-hydrogen) atoms. The molecule has 0 fully saturated rings. The number of rotatable bonds is 11. The van der Waals surface area contributed by atoms with Gasteiger partial charge in [-0.15, -0.1) is 11.8 Å². The summed E-state index contributed by atoms with van der Waals surface area (Å²) >= 11 is 8.13. The Morgan fingerprint density at radius 3 is 2.50 bits per heavy atom. The van der Waals surface area contributed by atoms with E-state index in [0.29, 0.717) is 33.0 Å². The van der Waals surface area contributed by atoms with Crippen molar-refractivity contribution in [1.29, 1.82) is 0 Å². The minimum absolute atomic E-state index is 0.359. The lowest BCUT2D eigenvalue weighted by atomic mass is 10.2. The molecule has 0 aliphatic rings. The van der Waals surface area contributed by atoms with E-state index in [9.17, 15) is 0 Å². The van der Waals surface area contributed by atoms with Gasteiger partial charge in [0.1, 0.15) is 0 Å². The quantitative estimate of drug-likeness (QED) is 0.110. The Labute approximate surface area is 141 Å². The van der Waals surface area contributed by atoms with Crippen LogP contribution in [-0.4, -0.2) is 39.1 Å². The Morgan fingerprint density at radius 1 is 1.18 bits per heavy atom. The fourth-order valence-corrected chi connectivity index (χ4v) is 4.36. The predicted molar refractivity (Wildman–Crippen MR) is 95.0 cm³/mol. The highest BCUT2D eigenvalue weighted by atomic mass is 35.6. The summed E-state index contributed by atoms with van der Waals surface area (Å²) in [6.07, 6.45) is 0. The molecule has 0 aliphatic heterocycles. The molecule has 8 heteroatoms. The molecule has 5 nitrogen and oxygen atoms in total. The van der Waals surface area contributed by atoms with Gasteiger partial charge in [0, 0.05) is 21.7 Å². The van der Waals surface area contributed by atoms with E-state index in [0.717, 1.165) is 10.9 Å². The molecule has 0 spiro atoms. The minimum Gasteiger partial charge on any atom is -0.379 e. The van der Waals surface area contributed by atoms with Gasteiger partial charge in [-0.05, 0) is 23.2 Å². The minimum atomic E-state index is -1.53. The van der Waals surface area contributed by atoms with Crippen LogP contribution in [0.5, 0.6) is 0 Å². The van der Waals surface area contributed by atoms with E-state index in [4.69, 9.17) is 26.1 Å². The van der Waals surface area contributed by atoms with Crippen molar-refractivity contribution < 1.29 is 9.47 Å². The van der Waals surface area contributed by atoms with Crippen LogP contribution in [0.25, 0.3) is 10.4 Å². The second-order valence-electron chi connectivity index (χ2n) is 5.27. The molecule has 0 bridgehead atoms. The molecular formula is C14H22ClN3O2SSi. The average Bonchev–Trinajstić information content (AvgIpc) is 2.48. The van der Waals surface area contributed by atoms with Crippen LogP contribution in [0.15, 0.2) is 34.3 Å². The highest BCUT2D eigenvalue weighted by Gasteiger charge is 2.16. The molecule has 0 radical (unpaired) electrons. The second-order valence-corrected chi connectivity index (χ2v) is 13.7. The van der Waals surface area contributed by atoms with Gasteiger partial charge in [-0.2, -0.15) is 11.1 Å². The molecule has 0 atom stereocenters. The SMILES string of the molecule is C[Si](C)(Cl)CSc1ccc(COCCOCCN=[N+]=[N-])cc1. The van der Waals surface area contributed by atoms with Crippen LogP contribution in [-0.2, 0) is 16.1 Å². The van der Waals surface area contributed by atoms with Crippen LogP contribution < -0.4 is 0 Å². The van der Waals surface area contributed by atoms with Gasteiger partial charge in [-0.25, -0.2) is 0 Å². The number of benzene rings is 1. The van der Waals surface area contributed by atoms with E-state index < -0.39 is 7.38 Å². The largest absolute Gasteiger partial charge is 0.379 e. The number of hydrogen-bond donors (Lipinski definition) is 0. The maximum atomic E-state index is 8.10. The first-order valence-corrected chi connectivity index (χ1v) is 12.3. The number of halogens is 1. The summed E-state index contributed by atoms with van der Waals surface area (Å²) in [7, 11) is -1.53. The Balaban J connectivity index is 2.15. The van der Waals surface area contributed by atoms with Gasteiger partial charge in [0.15, 0.2) is 7.38 Å². The fourth-order valence-electron chi connectivity index (χ4n) is 1.50. The standard InChI is InChI=1S/C14H22ClN3O2SSi/c1-22(2,15)12-21-14-5-3-13(4-6-14)11-20-10-9-19-8-7-17-18-16/h3-6H,7-12H2,1-2H3. The number of azide groups is 1. The van der Waals surface area contributed by atoms with Crippen LogP contribution in [0.4, 0.5) is 0 Å². The third-order valence-corrected chi connectivity index (χ3v) is 7.46. The van der Waals surface area contributed by atoms with Crippen molar-refractivity contribution in [2.75, 3.05) is 31.7 Å². The van der Waals surface area contributed by atoms with E-state index in [1.807, 2.05) is 11.8 Å². The van der Waals surface area contributed by atoms with Crippen LogP contribution >= 0.6 is 22.8 Å². The smallest absolute Gasteiger partial charge is 0.160 e. The van der Waals surface area contributed by atoms with Crippen LogP contribution in [0, 0.1) is 0 Å². The molecule has 0 unspecified atom stereocenters. The molecule has 0 saturated carbocycles. The zero-order valence-electron chi connectivity index (χ0n) is 13.0. The van der Waals surface area contributed by atoms with Gasteiger partial charge in [-0.3, -0.25) is 0 Å². The van der Waals surface area contributed by atoms with Crippen LogP contribution in [0.1, 0.15) is 5.56 Å². The van der Waals surface area contributed by atoms with Crippen molar-refractivity contribution in [2.45, 2.75) is 24.6 Å². The van der Waals surface area contributed by atoms with Crippen molar-refractivity contribution in [3.63, 3.8) is 0 Å². The lowest BCUT2D eigenvalue weighted by Gasteiger charge is -2.12. The Kier molecular flexibility index (Phi) is 9.62. The summed E-state index contributed by atoms with van der Waals surface area (Å²) in [5, 5.41) is 4.39. The maximum Gasteiger partial charge on any atom is 0.160 e. The highest BCUT2D eigenvalue weighted by Crippen LogP contribution is 2.24. The maximum absolute atomic E-state index is 8.10. The van der Waals surface area contributed by atoms with E-state index in [-0.39, 0.29) is 0 Å². The average molecular weight is 360 g/mol. The van der Waals surface area contributed by atoms with Crippen molar-refractivity contribution in [1.82, 2.24) is 0 Å². The van der Waals surface area contributed by atoms with E-state index in [1.54, 1.807) is 0 Å². The van der Waals surface area contributed by atoms with Crippen molar-refractivity contribution >= 4 is 30.2 Å². The molecule has 0 aromatic heterocycles. The molecule has 0 N–H and O–H groups in total. The summed E-state index contributed by atoms with van der Waals surface area (Å²) in [6, 6.07) is 8.37. The lowest BCUT2D eigenvalue weighted by Crippen LogP contribution is -2.20. The molecule has 1 aromatic carbocycles. The summed E-state index contributed by atoms with van der Waals surface area (Å²) in [4.78, 5) is 3.89. The van der Waals surface area contributed by atoms with Crippen LogP contribution in [0.2, 0.25) is 13.1 Å². The first-order chi connectivity index (χ1) is 10.5. The van der Waals surface area contributed by atoms with Crippen molar-refractivity contribution in [3.8, 4) is 0 Å². The van der Waals surface area contributed by atoms with Gasteiger partial charge in [0.05, 0.1) is 26.4 Å². The zero-order chi connectivity index (χ0) is 16.3. The predicted octanol–water partition coefficient (Wildman–Crippen LogP) is 4.61. The molecule has 1 aromatic rings. The number of nitrogens with zero attached hydrogens (tertiary/aromatic N) is 3. The summed E-state index contributed by atoms with van der Waals surface area (Å²) in [5.74, 6) is 0. The first kappa shape index (κ1) is 19.4. The van der Waals surface area contributed by atoms with Gasteiger partial charge in [0.25, 0.3) is 0 Å². The van der Waals surface area contributed by atoms with E-state index >= 15 is 0 Å². The van der Waals surface area contributed by atoms with Gasteiger partial charge >= 0.3 is 0 Å². The Hall–Kier alpha value is -0.693. The number of hydrogen-bond acceptors (Lipinski definition) is 4. The van der Waals surface area contributed by atoms with Gasteiger partial charge in [-0.1, -0.05) is 30.3 Å². The normalized spacial score (nSPS) is 11.2. The van der Waals surface area contributed by atoms with Gasteiger partial charge < -0.3 is 9.47 Å². The molecule has 0 amide bonds. The molecule has 1 rings (SSSR count). The first-order valence-electron chi connectivity index (χ1n) is 7.08.